The Balaban J connectivity index is 0.00000392. The zero-order valence-electron chi connectivity index (χ0n) is 16.8. The van der Waals surface area contributed by atoms with Gasteiger partial charge in [-0.25, -0.2) is 0 Å². The molecule has 1 aromatic rings. The lowest BCUT2D eigenvalue weighted by Gasteiger charge is -2.29. The van der Waals surface area contributed by atoms with Crippen LogP contribution in [0.3, 0.4) is 0 Å². The molecule has 5 nitrogen and oxygen atoms in total. The summed E-state index contributed by atoms with van der Waals surface area (Å²) in [7, 11) is 1.63. The van der Waals surface area contributed by atoms with Crippen LogP contribution >= 0.6 is 0 Å². The molecule has 1 amide bonds. The molecule has 0 unspecified atom stereocenters. The van der Waals surface area contributed by atoms with E-state index in [1.165, 1.54) is 5.56 Å². The first-order chi connectivity index (χ1) is 13.0. The smallest absolute Gasteiger partial charge is 0.251 e. The number of carbonyl (C=O) groups is 2. The van der Waals surface area contributed by atoms with E-state index < -0.39 is 0 Å². The van der Waals surface area contributed by atoms with Gasteiger partial charge in [-0.05, 0) is 49.3 Å². The summed E-state index contributed by atoms with van der Waals surface area (Å²) in [5.74, 6) is 1.19. The molecule has 0 spiro atoms. The quantitative estimate of drug-likeness (QED) is 0.630. The van der Waals surface area contributed by atoms with Crippen molar-refractivity contribution in [1.82, 2.24) is 5.32 Å². The van der Waals surface area contributed by atoms with Crippen LogP contribution in [0, 0.1) is 11.8 Å². The minimum atomic E-state index is -0.0804. The molecule has 1 aromatic carbocycles. The summed E-state index contributed by atoms with van der Waals surface area (Å²) in [6.07, 6.45) is 4.06. The molecule has 1 aliphatic rings. The average Bonchev–Trinajstić information content (AvgIpc) is 2.70. The van der Waals surface area contributed by atoms with Crippen LogP contribution in [-0.4, -0.2) is 45.2 Å². The van der Waals surface area contributed by atoms with E-state index >= 15 is 0 Å². The molecule has 152 valence electrons. The van der Waals surface area contributed by atoms with Crippen molar-refractivity contribution >= 4 is 11.7 Å². The number of ketones is 1. The number of methoxy groups -OCH3 is 1. The van der Waals surface area contributed by atoms with E-state index in [1.54, 1.807) is 7.11 Å². The second kappa shape index (κ2) is 11.2. The van der Waals surface area contributed by atoms with Crippen molar-refractivity contribution in [2.45, 2.75) is 45.4 Å². The van der Waals surface area contributed by atoms with Crippen LogP contribution in [0.5, 0.6) is 0 Å². The summed E-state index contributed by atoms with van der Waals surface area (Å²) >= 11 is 0. The third-order valence-corrected chi connectivity index (χ3v) is 5.31. The van der Waals surface area contributed by atoms with Crippen molar-refractivity contribution in [3.05, 3.63) is 35.4 Å². The van der Waals surface area contributed by atoms with Gasteiger partial charge >= 0.3 is 0 Å². The molecule has 0 radical (unpaired) electrons. The van der Waals surface area contributed by atoms with Crippen LogP contribution in [-0.2, 0) is 14.3 Å². The number of amides is 1. The summed E-state index contributed by atoms with van der Waals surface area (Å²) in [5.41, 5.74) is 1.93. The van der Waals surface area contributed by atoms with Crippen LogP contribution in [0.2, 0.25) is 0 Å². The van der Waals surface area contributed by atoms with Crippen LogP contribution in [0.4, 0.5) is 0 Å². The van der Waals surface area contributed by atoms with Gasteiger partial charge in [-0.3, -0.25) is 9.59 Å². The maximum Gasteiger partial charge on any atom is 0.251 e. The maximum atomic E-state index is 12.2. The second-order valence-electron chi connectivity index (χ2n) is 7.59. The molecule has 1 N–H and O–H groups in total. The minimum absolute atomic E-state index is 0. The normalized spacial score (nSPS) is 19.9. The van der Waals surface area contributed by atoms with E-state index in [2.05, 4.69) is 17.4 Å². The first-order valence-electron chi connectivity index (χ1n) is 10.0. The fourth-order valence-corrected chi connectivity index (χ4v) is 3.67. The Labute approximate surface area is 164 Å². The van der Waals surface area contributed by atoms with Crippen LogP contribution in [0.15, 0.2) is 24.3 Å². The lowest BCUT2D eigenvalue weighted by Crippen LogP contribution is -2.27. The number of ether oxygens (including phenoxy) is 2. The Hall–Kier alpha value is -1.72. The van der Waals surface area contributed by atoms with E-state index in [0.29, 0.717) is 43.6 Å². The zero-order valence-corrected chi connectivity index (χ0v) is 16.8. The Morgan fingerprint density at radius 1 is 1.07 bits per heavy atom. The number of hydrogen-bond acceptors (Lipinski definition) is 4. The topological polar surface area (TPSA) is 64.6 Å². The summed E-state index contributed by atoms with van der Waals surface area (Å²) in [6, 6.07) is 7.89. The van der Waals surface area contributed by atoms with Gasteiger partial charge in [0.25, 0.3) is 5.91 Å². The molecule has 1 aliphatic carbocycles. The lowest BCUT2D eigenvalue weighted by atomic mass is 9.75. The molecule has 0 heterocycles. The highest BCUT2D eigenvalue weighted by atomic mass is 16.5. The lowest BCUT2D eigenvalue weighted by molar-refractivity contribution is -0.126. The molecule has 27 heavy (non-hydrogen) atoms. The zero-order chi connectivity index (χ0) is 19.6. The van der Waals surface area contributed by atoms with Gasteiger partial charge in [-0.15, -0.1) is 0 Å². The average molecular weight is 378 g/mol. The van der Waals surface area contributed by atoms with E-state index in [1.807, 2.05) is 26.0 Å². The number of nitrogens with one attached hydrogen (secondary N) is 1. The van der Waals surface area contributed by atoms with Gasteiger partial charge in [0.15, 0.2) is 0 Å². The van der Waals surface area contributed by atoms with Gasteiger partial charge in [0.05, 0.1) is 19.8 Å². The number of carbonyl (C=O) groups excluding carboxylic acids is 2. The third kappa shape index (κ3) is 6.74. The molecule has 2 rings (SSSR count). The van der Waals surface area contributed by atoms with Crippen molar-refractivity contribution in [2.75, 3.05) is 33.5 Å². The monoisotopic (exact) mass is 377 g/mol. The Bertz CT molecular complexity index is 595. The van der Waals surface area contributed by atoms with Gasteiger partial charge in [-0.1, -0.05) is 26.0 Å². The molecule has 0 saturated heterocycles. The molecule has 0 aliphatic heterocycles. The standard InChI is InChI=1S/C22H33NO4.H2/c1-16(2)21(24)19-8-4-17(5-9-19)18-6-10-20(11-7-18)22(25)23-12-13-27-15-14-26-3;/h6-7,10-11,16-17,19H,4-5,8-9,12-15H2,1-3H3,(H,23,25);1H. The van der Waals surface area contributed by atoms with Gasteiger partial charge < -0.3 is 14.8 Å². The SMILES string of the molecule is COCCOCCNC(=O)c1ccc(C2CCC(C(=O)C(C)C)CC2)cc1.[HH]. The van der Waals surface area contributed by atoms with Gasteiger partial charge in [0.1, 0.15) is 5.78 Å². The molecule has 0 aromatic heterocycles. The fraction of sp³-hybridized carbons (Fsp3) is 0.636. The van der Waals surface area contributed by atoms with Gasteiger partial charge in [-0.2, -0.15) is 0 Å². The first kappa shape index (κ1) is 21.6. The second-order valence-corrected chi connectivity index (χ2v) is 7.59. The molecular formula is C22H35NO4. The number of hydrogen-bond donors (Lipinski definition) is 1. The van der Waals surface area contributed by atoms with Crippen LogP contribution < -0.4 is 5.32 Å². The third-order valence-electron chi connectivity index (χ3n) is 5.31. The highest BCUT2D eigenvalue weighted by Crippen LogP contribution is 2.37. The predicted molar refractivity (Wildman–Crippen MR) is 108 cm³/mol. The molecular weight excluding hydrogens is 342 g/mol. The molecule has 5 heteroatoms. The van der Waals surface area contributed by atoms with Crippen molar-refractivity contribution < 1.29 is 20.5 Å². The molecule has 0 bridgehead atoms. The molecule has 0 atom stereocenters. The molecule has 1 fully saturated rings. The predicted octanol–water partition coefficient (Wildman–Crippen LogP) is 3.82. The number of Topliss-reactive ketones (excluding diaryl/α,β-unsaturated/α-hetero) is 1. The summed E-state index contributed by atoms with van der Waals surface area (Å²) in [4.78, 5) is 24.3. The Morgan fingerprint density at radius 3 is 2.33 bits per heavy atom. The highest BCUT2D eigenvalue weighted by Gasteiger charge is 2.28. The van der Waals surface area contributed by atoms with Crippen LogP contribution in [0.25, 0.3) is 0 Å². The summed E-state index contributed by atoms with van der Waals surface area (Å²) in [5, 5.41) is 2.86. The molecule has 1 saturated carbocycles. The van der Waals surface area contributed by atoms with E-state index in [9.17, 15) is 9.59 Å². The number of rotatable bonds is 10. The van der Waals surface area contributed by atoms with Gasteiger partial charge in [0.2, 0.25) is 0 Å². The van der Waals surface area contributed by atoms with Gasteiger partial charge in [0, 0.05) is 32.5 Å². The van der Waals surface area contributed by atoms with Crippen molar-refractivity contribution in [3.63, 3.8) is 0 Å². The van der Waals surface area contributed by atoms with E-state index in [0.717, 1.165) is 25.7 Å². The first-order valence-corrected chi connectivity index (χ1v) is 10.0. The van der Waals surface area contributed by atoms with E-state index in [4.69, 9.17) is 9.47 Å². The Morgan fingerprint density at radius 2 is 1.74 bits per heavy atom. The maximum absolute atomic E-state index is 12.2. The highest BCUT2D eigenvalue weighted by molar-refractivity contribution is 5.94. The number of benzene rings is 1. The summed E-state index contributed by atoms with van der Waals surface area (Å²) < 4.78 is 10.2. The van der Waals surface area contributed by atoms with Crippen molar-refractivity contribution in [1.29, 1.82) is 0 Å². The summed E-state index contributed by atoms with van der Waals surface area (Å²) in [6.45, 7) is 6.03. The van der Waals surface area contributed by atoms with Crippen molar-refractivity contribution in [3.8, 4) is 0 Å². The van der Waals surface area contributed by atoms with Crippen LogP contribution in [0.1, 0.15) is 62.8 Å². The Kier molecular flexibility index (Phi) is 8.95. The van der Waals surface area contributed by atoms with Crippen molar-refractivity contribution in [2.24, 2.45) is 11.8 Å². The largest absolute Gasteiger partial charge is 0.382 e. The minimum Gasteiger partial charge on any atom is -0.382 e. The van der Waals surface area contributed by atoms with E-state index in [-0.39, 0.29) is 19.2 Å². The fourth-order valence-electron chi connectivity index (χ4n) is 3.67.